The molecule has 33 heavy (non-hydrogen) atoms. The highest BCUT2D eigenvalue weighted by Gasteiger charge is 2.14. The average molecular weight is 474 g/mol. The minimum atomic E-state index is -0.132. The normalized spacial score (nSPS) is 11.7. The van der Waals surface area contributed by atoms with Gasteiger partial charge in [0.15, 0.2) is 16.5 Å². The Bertz CT molecular complexity index is 1670. The Morgan fingerprint density at radius 3 is 2.79 bits per heavy atom. The first-order valence-electron chi connectivity index (χ1n) is 9.99. The molecule has 0 bridgehead atoms. The molecule has 5 rings (SSSR count). The summed E-state index contributed by atoms with van der Waals surface area (Å²) in [4.78, 5) is 18.2. The molecule has 0 atom stereocenters. The first-order valence-corrected chi connectivity index (χ1v) is 11.2. The van der Waals surface area contributed by atoms with Gasteiger partial charge in [-0.1, -0.05) is 53.3 Å². The molecule has 8 heteroatoms. The summed E-state index contributed by atoms with van der Waals surface area (Å²) in [7, 11) is 1.52. The van der Waals surface area contributed by atoms with Crippen molar-refractivity contribution in [3.8, 4) is 17.6 Å². The Hall–Kier alpha value is -3.86. The quantitative estimate of drug-likeness (QED) is 0.373. The highest BCUT2D eigenvalue weighted by Crippen LogP contribution is 2.37. The van der Waals surface area contributed by atoms with Crippen molar-refractivity contribution in [1.82, 2.24) is 9.38 Å². The summed E-state index contributed by atoms with van der Waals surface area (Å²) >= 11 is 7.83. The third-order valence-electron chi connectivity index (χ3n) is 5.20. The number of hydrogen-bond donors (Lipinski definition) is 0. The molecule has 0 spiro atoms. The number of ether oxygens (including phenoxy) is 2. The van der Waals surface area contributed by atoms with Crippen molar-refractivity contribution in [2.45, 2.75) is 6.61 Å². The number of nitriles is 1. The van der Waals surface area contributed by atoms with Crippen LogP contribution in [0.5, 0.6) is 11.5 Å². The lowest BCUT2D eigenvalue weighted by molar-refractivity contribution is 0.284. The number of fused-ring (bicyclic) bond motifs is 3. The Morgan fingerprint density at radius 1 is 1.18 bits per heavy atom. The predicted molar refractivity (Wildman–Crippen MR) is 129 cm³/mol. The third kappa shape index (κ3) is 3.80. The van der Waals surface area contributed by atoms with E-state index >= 15 is 0 Å². The molecule has 2 heterocycles. The summed E-state index contributed by atoms with van der Waals surface area (Å²) < 4.78 is 13.6. The summed E-state index contributed by atoms with van der Waals surface area (Å²) in [5.41, 5.74) is 3.43. The molecule has 0 aliphatic rings. The molecule has 0 unspecified atom stereocenters. The van der Waals surface area contributed by atoms with E-state index in [9.17, 15) is 10.1 Å². The van der Waals surface area contributed by atoms with E-state index in [0.29, 0.717) is 37.1 Å². The second-order valence-corrected chi connectivity index (χ2v) is 8.64. The largest absolute Gasteiger partial charge is 0.493 e. The number of imidazole rings is 1. The Kier molecular flexibility index (Phi) is 5.47. The van der Waals surface area contributed by atoms with Gasteiger partial charge in [0.25, 0.3) is 5.56 Å². The summed E-state index contributed by atoms with van der Waals surface area (Å²) in [6.07, 6.45) is 1.76. The molecular weight excluding hydrogens is 458 g/mol. The van der Waals surface area contributed by atoms with Crippen LogP contribution in [0, 0.1) is 11.3 Å². The number of hydrogen-bond acceptors (Lipinski definition) is 6. The smallest absolute Gasteiger partial charge is 0.274 e. The van der Waals surface area contributed by atoms with E-state index < -0.39 is 0 Å². The first kappa shape index (κ1) is 21.0. The van der Waals surface area contributed by atoms with Gasteiger partial charge >= 0.3 is 0 Å². The van der Waals surface area contributed by atoms with Crippen LogP contribution in [0.25, 0.3) is 22.1 Å². The van der Waals surface area contributed by atoms with Gasteiger partial charge < -0.3 is 9.47 Å². The van der Waals surface area contributed by atoms with Crippen LogP contribution in [0.15, 0.2) is 65.5 Å². The van der Waals surface area contributed by atoms with Crippen LogP contribution < -0.4 is 19.6 Å². The van der Waals surface area contributed by atoms with Gasteiger partial charge in [0, 0.05) is 5.56 Å². The maximum absolute atomic E-state index is 13.0. The van der Waals surface area contributed by atoms with Gasteiger partial charge in [0.2, 0.25) is 0 Å². The number of rotatable bonds is 5. The monoisotopic (exact) mass is 473 g/mol. The van der Waals surface area contributed by atoms with Gasteiger partial charge in [-0.2, -0.15) is 5.26 Å². The topological polar surface area (TPSA) is 76.6 Å². The van der Waals surface area contributed by atoms with Gasteiger partial charge in [-0.15, -0.1) is 0 Å². The summed E-state index contributed by atoms with van der Waals surface area (Å²) in [6.45, 7) is 0.169. The van der Waals surface area contributed by atoms with Gasteiger partial charge in [-0.05, 0) is 42.0 Å². The molecule has 0 saturated carbocycles. The number of methoxy groups -OCH3 is 1. The van der Waals surface area contributed by atoms with Gasteiger partial charge in [-0.3, -0.25) is 4.79 Å². The van der Waals surface area contributed by atoms with Crippen LogP contribution in [0.2, 0.25) is 5.02 Å². The lowest BCUT2D eigenvalue weighted by atomic mass is 10.1. The molecular formula is C25H16ClN3O3S. The fraction of sp³-hybridized carbons (Fsp3) is 0.0800. The van der Waals surface area contributed by atoms with E-state index in [-0.39, 0.29) is 12.2 Å². The Balaban J connectivity index is 1.52. The second-order valence-electron chi connectivity index (χ2n) is 7.23. The van der Waals surface area contributed by atoms with Crippen LogP contribution in [-0.2, 0) is 6.61 Å². The highest BCUT2D eigenvalue weighted by atomic mass is 35.5. The third-order valence-corrected chi connectivity index (χ3v) is 6.45. The Labute approximate surface area is 197 Å². The molecule has 0 saturated heterocycles. The number of nitrogens with zero attached hydrogens (tertiary/aromatic N) is 3. The minimum Gasteiger partial charge on any atom is -0.493 e. The fourth-order valence-electron chi connectivity index (χ4n) is 3.63. The minimum absolute atomic E-state index is 0.132. The summed E-state index contributed by atoms with van der Waals surface area (Å²) in [5, 5.41) is 9.62. The molecule has 6 nitrogen and oxygen atoms in total. The van der Waals surface area contributed by atoms with Crippen LogP contribution in [-0.4, -0.2) is 16.5 Å². The number of para-hydroxylation sites is 2. The van der Waals surface area contributed by atoms with Crippen molar-refractivity contribution in [2.24, 2.45) is 0 Å². The van der Waals surface area contributed by atoms with Crippen molar-refractivity contribution < 1.29 is 9.47 Å². The van der Waals surface area contributed by atoms with Crippen molar-refractivity contribution in [1.29, 1.82) is 5.26 Å². The van der Waals surface area contributed by atoms with Crippen LogP contribution >= 0.6 is 22.9 Å². The predicted octanol–water partition coefficient (Wildman–Crippen LogP) is 4.57. The lowest BCUT2D eigenvalue weighted by Crippen LogP contribution is -2.22. The molecule has 3 aromatic carbocycles. The van der Waals surface area contributed by atoms with Crippen LogP contribution in [0.3, 0.4) is 0 Å². The molecule has 162 valence electrons. The van der Waals surface area contributed by atoms with E-state index in [1.54, 1.807) is 34.7 Å². The number of thiazole rings is 1. The molecule has 2 aromatic heterocycles. The summed E-state index contributed by atoms with van der Waals surface area (Å²) in [5.74, 6) is 0.806. The molecule has 0 radical (unpaired) electrons. The first-order chi connectivity index (χ1) is 16.1. The average Bonchev–Trinajstić information content (AvgIpc) is 3.34. The van der Waals surface area contributed by atoms with Gasteiger partial charge in [-0.25, -0.2) is 9.38 Å². The highest BCUT2D eigenvalue weighted by molar-refractivity contribution is 7.15. The van der Waals surface area contributed by atoms with Gasteiger partial charge in [0.1, 0.15) is 6.61 Å². The van der Waals surface area contributed by atoms with E-state index in [2.05, 4.69) is 11.1 Å². The molecule has 0 aliphatic carbocycles. The molecule has 0 amide bonds. The van der Waals surface area contributed by atoms with E-state index in [1.807, 2.05) is 36.4 Å². The van der Waals surface area contributed by atoms with Gasteiger partial charge in [0.05, 0.1) is 39.3 Å². The zero-order valence-corrected chi connectivity index (χ0v) is 19.0. The second kappa shape index (κ2) is 8.58. The van der Waals surface area contributed by atoms with E-state index in [1.165, 1.54) is 18.4 Å². The standard InChI is InChI=1S/C25H16ClN3O3S/c1-31-21-11-15(10-18(26)23(21)32-14-17-7-3-2-6-16(17)13-27)12-22-24(30)29-20-9-5-4-8-19(20)28-25(29)33-22/h2-12H,14H2,1H3. The number of benzene rings is 3. The maximum Gasteiger partial charge on any atom is 0.274 e. The SMILES string of the molecule is COc1cc(C=c2sc3nc4ccccc4n3c2=O)cc(Cl)c1OCc1ccccc1C#N. The van der Waals surface area contributed by atoms with Crippen LogP contribution in [0.4, 0.5) is 0 Å². The van der Waals surface area contributed by atoms with Crippen LogP contribution in [0.1, 0.15) is 16.7 Å². The molecule has 0 N–H and O–H groups in total. The number of halogens is 1. The van der Waals surface area contributed by atoms with E-state index in [4.69, 9.17) is 21.1 Å². The van der Waals surface area contributed by atoms with E-state index in [0.717, 1.165) is 16.6 Å². The van der Waals surface area contributed by atoms with Crippen molar-refractivity contribution in [3.63, 3.8) is 0 Å². The summed E-state index contributed by atoms with van der Waals surface area (Å²) in [6, 6.07) is 20.4. The zero-order valence-electron chi connectivity index (χ0n) is 17.4. The molecule has 0 aliphatic heterocycles. The Morgan fingerprint density at radius 2 is 1.97 bits per heavy atom. The van der Waals surface area contributed by atoms with Crippen molar-refractivity contribution in [3.05, 3.63) is 97.3 Å². The van der Waals surface area contributed by atoms with Crippen molar-refractivity contribution >= 4 is 45.0 Å². The molecule has 0 fully saturated rings. The molecule has 5 aromatic rings. The fourth-order valence-corrected chi connectivity index (χ4v) is 4.89. The number of aromatic nitrogens is 2. The van der Waals surface area contributed by atoms with Crippen molar-refractivity contribution in [2.75, 3.05) is 7.11 Å². The zero-order chi connectivity index (χ0) is 22.9. The maximum atomic E-state index is 13.0. The lowest BCUT2D eigenvalue weighted by Gasteiger charge is -2.14.